The molecule has 0 aromatic heterocycles. The predicted octanol–water partition coefficient (Wildman–Crippen LogP) is 3.52. The van der Waals surface area contributed by atoms with Crippen molar-refractivity contribution >= 4 is 0 Å². The Hall–Kier alpha value is -0.820. The molecule has 16 heavy (non-hydrogen) atoms. The van der Waals surface area contributed by atoms with Crippen LogP contribution in [0.3, 0.4) is 0 Å². The van der Waals surface area contributed by atoms with E-state index in [2.05, 4.69) is 64.2 Å². The third kappa shape index (κ3) is 3.97. The average Bonchev–Trinajstić information content (AvgIpc) is 2.17. The van der Waals surface area contributed by atoms with Crippen molar-refractivity contribution in [1.82, 2.24) is 5.32 Å². The van der Waals surface area contributed by atoms with Gasteiger partial charge in [0.15, 0.2) is 0 Å². The molecule has 0 aliphatic carbocycles. The predicted molar refractivity (Wildman–Crippen MR) is 71.9 cm³/mol. The van der Waals surface area contributed by atoms with Gasteiger partial charge < -0.3 is 5.32 Å². The molecular weight excluding hydrogens is 194 g/mol. The van der Waals surface area contributed by atoms with E-state index in [4.69, 9.17) is 0 Å². The largest absolute Gasteiger partial charge is 0.316 e. The van der Waals surface area contributed by atoms with Crippen molar-refractivity contribution in [2.75, 3.05) is 13.1 Å². The quantitative estimate of drug-likeness (QED) is 0.799. The van der Waals surface area contributed by atoms with Crippen molar-refractivity contribution in [2.24, 2.45) is 5.92 Å². The summed E-state index contributed by atoms with van der Waals surface area (Å²) in [6.45, 7) is 13.3. The maximum atomic E-state index is 3.54. The van der Waals surface area contributed by atoms with Crippen molar-refractivity contribution in [3.63, 3.8) is 0 Å². The number of rotatable bonds is 5. The zero-order valence-electron chi connectivity index (χ0n) is 11.3. The van der Waals surface area contributed by atoms with E-state index in [1.54, 1.807) is 0 Å². The highest BCUT2D eigenvalue weighted by Crippen LogP contribution is 2.22. The minimum Gasteiger partial charge on any atom is -0.316 e. The molecule has 0 bridgehead atoms. The Kier molecular flexibility index (Phi) is 4.55. The molecule has 0 spiro atoms. The second kappa shape index (κ2) is 5.49. The summed E-state index contributed by atoms with van der Waals surface area (Å²) in [5, 5.41) is 3.54. The fourth-order valence-electron chi connectivity index (χ4n) is 1.78. The van der Waals surface area contributed by atoms with Crippen molar-refractivity contribution in [3.8, 4) is 0 Å². The van der Waals surface area contributed by atoms with Gasteiger partial charge >= 0.3 is 0 Å². The van der Waals surface area contributed by atoms with Crippen LogP contribution in [0.5, 0.6) is 0 Å². The van der Waals surface area contributed by atoms with Crippen LogP contribution in [0.4, 0.5) is 0 Å². The summed E-state index contributed by atoms with van der Waals surface area (Å²) >= 11 is 0. The lowest BCUT2D eigenvalue weighted by atomic mass is 9.84. The first-order valence-electron chi connectivity index (χ1n) is 6.19. The second-order valence-corrected chi connectivity index (χ2v) is 5.77. The molecule has 1 nitrogen and oxygen atoms in total. The molecule has 0 atom stereocenters. The summed E-state index contributed by atoms with van der Waals surface area (Å²) in [7, 11) is 0. The number of hydrogen-bond donors (Lipinski definition) is 1. The van der Waals surface area contributed by atoms with Gasteiger partial charge in [-0.25, -0.2) is 0 Å². The topological polar surface area (TPSA) is 12.0 Å². The molecule has 1 rings (SSSR count). The fourth-order valence-corrected chi connectivity index (χ4v) is 1.78. The molecule has 1 aromatic carbocycles. The summed E-state index contributed by atoms with van der Waals surface area (Å²) in [4.78, 5) is 0. The van der Waals surface area contributed by atoms with Gasteiger partial charge in [0.1, 0.15) is 0 Å². The Bertz CT molecular complexity index is 309. The Morgan fingerprint density at radius 3 is 2.19 bits per heavy atom. The lowest BCUT2D eigenvalue weighted by molar-refractivity contribution is 0.443. The SMILES string of the molecule is Cc1ccc(C(C)(C)CNCC(C)C)cc1. The molecule has 0 aliphatic rings. The minimum absolute atomic E-state index is 0.211. The van der Waals surface area contributed by atoms with Crippen LogP contribution in [0.2, 0.25) is 0 Å². The van der Waals surface area contributed by atoms with Crippen LogP contribution in [0.25, 0.3) is 0 Å². The van der Waals surface area contributed by atoms with E-state index in [9.17, 15) is 0 Å². The lowest BCUT2D eigenvalue weighted by Crippen LogP contribution is -2.34. The molecular formula is C15H25N. The highest BCUT2D eigenvalue weighted by Gasteiger charge is 2.19. The number of hydrogen-bond acceptors (Lipinski definition) is 1. The van der Waals surface area contributed by atoms with Gasteiger partial charge in [0.2, 0.25) is 0 Å². The summed E-state index contributed by atoms with van der Waals surface area (Å²) < 4.78 is 0. The molecule has 0 saturated carbocycles. The van der Waals surface area contributed by atoms with Gasteiger partial charge in [-0.15, -0.1) is 0 Å². The molecule has 0 amide bonds. The van der Waals surface area contributed by atoms with Gasteiger partial charge in [-0.3, -0.25) is 0 Å². The summed E-state index contributed by atoms with van der Waals surface area (Å²) in [5.41, 5.74) is 2.95. The van der Waals surface area contributed by atoms with Gasteiger partial charge in [-0.1, -0.05) is 57.5 Å². The molecule has 0 radical (unpaired) electrons. The van der Waals surface area contributed by atoms with Gasteiger partial charge in [0.05, 0.1) is 0 Å². The van der Waals surface area contributed by atoms with E-state index >= 15 is 0 Å². The third-order valence-corrected chi connectivity index (χ3v) is 2.95. The third-order valence-electron chi connectivity index (χ3n) is 2.95. The Balaban J connectivity index is 2.59. The number of nitrogens with one attached hydrogen (secondary N) is 1. The average molecular weight is 219 g/mol. The van der Waals surface area contributed by atoms with Gasteiger partial charge in [0.25, 0.3) is 0 Å². The van der Waals surface area contributed by atoms with Gasteiger partial charge in [0, 0.05) is 12.0 Å². The Morgan fingerprint density at radius 2 is 1.69 bits per heavy atom. The maximum absolute atomic E-state index is 3.54. The molecule has 0 aliphatic heterocycles. The van der Waals surface area contributed by atoms with Crippen LogP contribution in [-0.4, -0.2) is 13.1 Å². The van der Waals surface area contributed by atoms with E-state index in [0.717, 1.165) is 13.1 Å². The molecule has 1 aromatic rings. The van der Waals surface area contributed by atoms with Crippen LogP contribution in [0.15, 0.2) is 24.3 Å². The van der Waals surface area contributed by atoms with E-state index in [0.29, 0.717) is 5.92 Å². The summed E-state index contributed by atoms with van der Waals surface area (Å²) in [5.74, 6) is 0.716. The molecule has 1 N–H and O–H groups in total. The molecule has 0 unspecified atom stereocenters. The van der Waals surface area contributed by atoms with Crippen LogP contribution in [-0.2, 0) is 5.41 Å². The van der Waals surface area contributed by atoms with Gasteiger partial charge in [-0.2, -0.15) is 0 Å². The van der Waals surface area contributed by atoms with Crippen LogP contribution < -0.4 is 5.32 Å². The standard InChI is InChI=1S/C15H25N/c1-12(2)10-16-11-15(4,5)14-8-6-13(3)7-9-14/h6-9,12,16H,10-11H2,1-5H3. The van der Waals surface area contributed by atoms with Crippen LogP contribution in [0, 0.1) is 12.8 Å². The van der Waals surface area contributed by atoms with Crippen molar-refractivity contribution in [1.29, 1.82) is 0 Å². The first kappa shape index (κ1) is 13.2. The molecule has 0 heterocycles. The van der Waals surface area contributed by atoms with Crippen molar-refractivity contribution in [2.45, 2.75) is 40.0 Å². The highest BCUT2D eigenvalue weighted by atomic mass is 14.9. The van der Waals surface area contributed by atoms with E-state index in [1.165, 1.54) is 11.1 Å². The maximum Gasteiger partial charge on any atom is 0.00432 e. The van der Waals surface area contributed by atoms with E-state index in [1.807, 2.05) is 0 Å². The van der Waals surface area contributed by atoms with Gasteiger partial charge in [-0.05, 0) is 24.9 Å². The molecule has 0 saturated heterocycles. The molecule has 1 heteroatoms. The summed E-state index contributed by atoms with van der Waals surface area (Å²) in [6, 6.07) is 8.87. The minimum atomic E-state index is 0.211. The normalized spacial score (nSPS) is 12.1. The highest BCUT2D eigenvalue weighted by molar-refractivity contribution is 5.27. The summed E-state index contributed by atoms with van der Waals surface area (Å²) in [6.07, 6.45) is 0. The first-order chi connectivity index (χ1) is 7.42. The van der Waals surface area contributed by atoms with Crippen LogP contribution in [0.1, 0.15) is 38.8 Å². The zero-order valence-corrected chi connectivity index (χ0v) is 11.3. The molecule has 90 valence electrons. The first-order valence-corrected chi connectivity index (χ1v) is 6.19. The lowest BCUT2D eigenvalue weighted by Gasteiger charge is -2.26. The Labute approximate surface area is 100 Å². The Morgan fingerprint density at radius 1 is 1.12 bits per heavy atom. The van der Waals surface area contributed by atoms with Crippen molar-refractivity contribution < 1.29 is 0 Å². The smallest absolute Gasteiger partial charge is 0.00432 e. The molecule has 0 fully saturated rings. The van der Waals surface area contributed by atoms with E-state index < -0.39 is 0 Å². The van der Waals surface area contributed by atoms with Crippen LogP contribution >= 0.6 is 0 Å². The van der Waals surface area contributed by atoms with E-state index in [-0.39, 0.29) is 5.41 Å². The fraction of sp³-hybridized carbons (Fsp3) is 0.600. The monoisotopic (exact) mass is 219 g/mol. The van der Waals surface area contributed by atoms with Crippen molar-refractivity contribution in [3.05, 3.63) is 35.4 Å². The number of aryl methyl sites for hydroxylation is 1. The number of benzene rings is 1. The zero-order chi connectivity index (χ0) is 12.2. The second-order valence-electron chi connectivity index (χ2n) is 5.77.